The number of hydrogen-bond donors (Lipinski definition) is 3. The Bertz CT molecular complexity index is 3750. The summed E-state index contributed by atoms with van der Waals surface area (Å²) in [5, 5.41) is 8.84. The molecular weight excluding hydrogens is 1270 g/mol. The van der Waals surface area contributed by atoms with Crippen molar-refractivity contribution in [1.82, 2.24) is 30.2 Å². The van der Waals surface area contributed by atoms with Crippen LogP contribution in [-0.2, 0) is 88.0 Å². The fraction of sp³-hybridized carbons (Fsp3) is 0.449. The van der Waals surface area contributed by atoms with E-state index in [-0.39, 0.29) is 108 Å². The average Bonchev–Trinajstić information content (AvgIpc) is 1.38. The minimum Gasteiger partial charge on any atom is -0.493 e. The lowest BCUT2D eigenvalue weighted by atomic mass is 9.87. The molecule has 5 aromatic carbocycles. The Kier molecular flexibility index (Phi) is 27.4. The molecule has 2 bridgehead atoms. The van der Waals surface area contributed by atoms with Gasteiger partial charge in [0.1, 0.15) is 42.7 Å². The number of carbonyl (C=O) groups excluding carboxylic acids is 11. The number of ketones is 2. The van der Waals surface area contributed by atoms with Gasteiger partial charge in [-0.05, 0) is 135 Å². The second-order valence-electron chi connectivity index (χ2n) is 27.1. The smallest absolute Gasteiger partial charge is 0.330 e. The molecule has 6 atom stereocenters. The Hall–Kier alpha value is -9.99. The monoisotopic (exact) mass is 1370 g/mol. The second kappa shape index (κ2) is 36.2. The van der Waals surface area contributed by atoms with Crippen molar-refractivity contribution in [3.63, 3.8) is 0 Å². The van der Waals surface area contributed by atoms with Crippen LogP contribution in [0.4, 0.5) is 5.69 Å². The Morgan fingerprint density at radius 3 is 2.06 bits per heavy atom. The van der Waals surface area contributed by atoms with E-state index in [0.29, 0.717) is 59.6 Å². The summed E-state index contributed by atoms with van der Waals surface area (Å²) in [5.41, 5.74) is 2.91. The number of benzene rings is 5. The van der Waals surface area contributed by atoms with E-state index in [4.69, 9.17) is 18.9 Å². The molecule has 100 heavy (non-hydrogen) atoms. The number of methoxy groups -OCH3 is 2. The predicted molar refractivity (Wildman–Crippen MR) is 375 cm³/mol. The van der Waals surface area contributed by atoms with Gasteiger partial charge in [0, 0.05) is 77.7 Å². The fourth-order valence-corrected chi connectivity index (χ4v) is 12.8. The highest BCUT2D eigenvalue weighted by atomic mass is 16.5. The van der Waals surface area contributed by atoms with Crippen molar-refractivity contribution in [2.75, 3.05) is 59.9 Å². The average molecular weight is 1370 g/mol. The summed E-state index contributed by atoms with van der Waals surface area (Å²) in [6, 6.07) is 33.1. The quantitative estimate of drug-likeness (QED) is 0.0692. The summed E-state index contributed by atoms with van der Waals surface area (Å²) < 4.78 is 22.9. The number of ether oxygens (including phenoxy) is 4. The molecule has 0 aliphatic carbocycles. The molecule has 3 heterocycles. The van der Waals surface area contributed by atoms with Crippen LogP contribution in [0.15, 0.2) is 140 Å². The Morgan fingerprint density at radius 1 is 0.680 bits per heavy atom. The first-order chi connectivity index (χ1) is 47.9. The van der Waals surface area contributed by atoms with Crippen LogP contribution in [-0.4, -0.2) is 163 Å². The minimum atomic E-state index is -1.52. The number of Topliss-reactive ketones (excluding diaryl/α,β-unsaturated/α-hetero) is 2. The first-order valence-corrected chi connectivity index (χ1v) is 34.5. The molecule has 3 N–H and O–H groups in total. The number of likely N-dealkylation sites (N-methyl/N-ethyl adjacent to an activating group) is 2. The van der Waals surface area contributed by atoms with E-state index in [1.54, 1.807) is 86.9 Å². The van der Waals surface area contributed by atoms with Gasteiger partial charge < -0.3 is 54.5 Å². The van der Waals surface area contributed by atoms with Gasteiger partial charge in [-0.25, -0.2) is 9.59 Å². The molecule has 5 aromatic rings. The van der Waals surface area contributed by atoms with Crippen LogP contribution in [0.25, 0.3) is 0 Å². The lowest BCUT2D eigenvalue weighted by Gasteiger charge is -2.36. The summed E-state index contributed by atoms with van der Waals surface area (Å²) >= 11 is 0. The summed E-state index contributed by atoms with van der Waals surface area (Å²) in [4.78, 5) is 163. The minimum absolute atomic E-state index is 0.0282. The van der Waals surface area contributed by atoms with Gasteiger partial charge in [0.05, 0.1) is 32.0 Å². The zero-order chi connectivity index (χ0) is 72.0. The normalized spacial score (nSPS) is 21.7. The van der Waals surface area contributed by atoms with Crippen LogP contribution in [0, 0.1) is 11.3 Å². The summed E-state index contributed by atoms with van der Waals surface area (Å²) in [6.45, 7) is 6.96. The van der Waals surface area contributed by atoms with Crippen molar-refractivity contribution >= 4 is 70.5 Å². The van der Waals surface area contributed by atoms with Gasteiger partial charge in [-0.1, -0.05) is 123 Å². The molecule has 0 spiro atoms. The van der Waals surface area contributed by atoms with Crippen LogP contribution in [0.5, 0.6) is 11.5 Å². The number of anilines is 1. The van der Waals surface area contributed by atoms with E-state index in [2.05, 4.69) is 16.0 Å². The van der Waals surface area contributed by atoms with Crippen molar-refractivity contribution in [3.05, 3.63) is 173 Å². The molecule has 3 aliphatic heterocycles. The number of hydrogen-bond acceptors (Lipinski definition) is 15. The maximum atomic E-state index is 15.4. The van der Waals surface area contributed by atoms with E-state index in [0.717, 1.165) is 16.7 Å². The number of rotatable bonds is 14. The predicted octanol–water partition coefficient (Wildman–Crippen LogP) is 8.77. The molecular formula is C78H95N7O15. The molecule has 0 aromatic heterocycles. The molecule has 0 radical (unpaired) electrons. The molecule has 22 heteroatoms. The first-order valence-electron chi connectivity index (χ1n) is 34.5. The lowest BCUT2D eigenvalue weighted by molar-refractivity contribution is -0.165. The SMILES string of the molecule is COc1ccc(CC[C@H]2OC(=O)[C@@H]3CCCCN3C(=O)C(=O)C(C)(C)COC(=O)C=CCCN(C)C(=O)[C@H](CC(C)C)N(C)C(=O)[C@H]3CCCN3C(=O)[C@H](Cc3ccc(CNC(=O)Cc4ccccc4)cc3)NC(=O)[C@H](c3ccccc3)CC(=O)CCC(=O)Nc3cccc2c3)cc1OC. The number of nitrogens with one attached hydrogen (secondary N) is 3. The summed E-state index contributed by atoms with van der Waals surface area (Å²) in [7, 11) is 6.18. The van der Waals surface area contributed by atoms with Gasteiger partial charge in [-0.2, -0.15) is 0 Å². The number of aryl methyl sites for hydroxylation is 1. The number of cyclic esters (lactones) is 2. The second-order valence-corrected chi connectivity index (χ2v) is 27.1. The Balaban J connectivity index is 1.09. The van der Waals surface area contributed by atoms with E-state index in [1.807, 2.05) is 68.4 Å². The number of nitrogens with zero attached hydrogens (tertiary/aromatic N) is 4. The topological polar surface area (TPSA) is 274 Å². The molecule has 0 unspecified atom stereocenters. The van der Waals surface area contributed by atoms with E-state index >= 15 is 9.59 Å². The number of amides is 7. The van der Waals surface area contributed by atoms with E-state index in [1.165, 1.54) is 59.8 Å². The molecule has 3 aliphatic rings. The van der Waals surface area contributed by atoms with Crippen molar-refractivity contribution < 1.29 is 71.7 Å². The van der Waals surface area contributed by atoms with Crippen molar-refractivity contribution in [3.8, 4) is 11.5 Å². The van der Waals surface area contributed by atoms with Crippen LogP contribution < -0.4 is 25.4 Å². The highest BCUT2D eigenvalue weighted by molar-refractivity contribution is 6.38. The van der Waals surface area contributed by atoms with Gasteiger partial charge in [0.15, 0.2) is 11.5 Å². The third kappa shape index (κ3) is 21.0. The largest absolute Gasteiger partial charge is 0.493 e. The van der Waals surface area contributed by atoms with Crippen LogP contribution in [0.3, 0.4) is 0 Å². The molecule has 22 nitrogen and oxygen atoms in total. The molecule has 2 fully saturated rings. The zero-order valence-electron chi connectivity index (χ0n) is 58.7. The standard InChI is InChI=1S/C78H95N7O15/c1-51(2)43-64-74(93)82(5)40-17-16-29-70(89)99-50-78(3,4)71(90)76(95)85-41-18-15-27-63(85)77(96)100-65(37-34-54-35-38-66(97-7)67(45-54)98-8)57-25-19-26-58(47-57)80-68(87)39-36-59(86)48-60(56-23-13-10-14-24-56)72(91)81-61(73(92)84-42-20-28-62(84)75(94)83(64)6)44-53-30-32-55(33-31-53)49-79-69(88)46-52-21-11-9-12-22-52/h9-14,16,19,21-26,29-33,35,38,45,47,51,60-65H,15,17-18,20,27-28,34,36-37,39-44,46,48-50H2,1-8H3,(H,79,88)(H,80,87)(H,81,91)/t60-,61-,62+,63-,64-,65+/m0/s1. The highest BCUT2D eigenvalue weighted by Crippen LogP contribution is 2.34. The third-order valence-corrected chi connectivity index (χ3v) is 18.6. The van der Waals surface area contributed by atoms with E-state index < -0.39 is 101 Å². The van der Waals surface area contributed by atoms with Gasteiger partial charge in [-0.3, -0.25) is 43.2 Å². The van der Waals surface area contributed by atoms with Crippen molar-refractivity contribution in [1.29, 1.82) is 0 Å². The Morgan fingerprint density at radius 2 is 1.35 bits per heavy atom. The maximum absolute atomic E-state index is 15.4. The lowest BCUT2D eigenvalue weighted by Crippen LogP contribution is -2.57. The van der Waals surface area contributed by atoms with Gasteiger partial charge in [0.25, 0.3) is 5.91 Å². The van der Waals surface area contributed by atoms with Crippen LogP contribution in [0.1, 0.15) is 144 Å². The molecule has 0 saturated carbocycles. The summed E-state index contributed by atoms with van der Waals surface area (Å²) in [5.74, 6) is -6.66. The fourth-order valence-electron chi connectivity index (χ4n) is 12.8. The molecule has 8 rings (SSSR count). The number of esters is 2. The zero-order valence-corrected chi connectivity index (χ0v) is 58.7. The molecule has 2 saturated heterocycles. The number of carbonyl (C=O) groups is 11. The van der Waals surface area contributed by atoms with Gasteiger partial charge in [-0.15, -0.1) is 0 Å². The third-order valence-electron chi connectivity index (χ3n) is 18.6. The number of piperidine rings is 1. The first kappa shape index (κ1) is 75.8. The van der Waals surface area contributed by atoms with Crippen molar-refractivity contribution in [2.45, 2.75) is 160 Å². The van der Waals surface area contributed by atoms with Gasteiger partial charge >= 0.3 is 11.9 Å². The molecule has 7 amide bonds. The maximum Gasteiger partial charge on any atom is 0.330 e. The summed E-state index contributed by atoms with van der Waals surface area (Å²) in [6.07, 6.45) is 4.08. The Labute approximate surface area is 585 Å². The van der Waals surface area contributed by atoms with Crippen molar-refractivity contribution in [2.24, 2.45) is 11.3 Å². The molecule has 532 valence electrons. The van der Waals surface area contributed by atoms with Crippen LogP contribution >= 0.6 is 0 Å². The number of fused-ring (bicyclic) bond motifs is 4. The highest BCUT2D eigenvalue weighted by Gasteiger charge is 2.44. The van der Waals surface area contributed by atoms with Gasteiger partial charge in [0.2, 0.25) is 41.2 Å². The van der Waals surface area contributed by atoms with E-state index in [9.17, 15) is 43.2 Å². The van der Waals surface area contributed by atoms with Crippen LogP contribution in [0.2, 0.25) is 0 Å².